The molecule has 0 aliphatic rings. The molecule has 1 aromatic rings. The van der Waals surface area contributed by atoms with Crippen molar-refractivity contribution < 1.29 is 26.4 Å². The summed E-state index contributed by atoms with van der Waals surface area (Å²) in [6, 6.07) is 0. The van der Waals surface area contributed by atoms with E-state index in [0.29, 0.717) is 5.56 Å². The van der Waals surface area contributed by atoms with Crippen LogP contribution in [0.15, 0.2) is 10.3 Å². The van der Waals surface area contributed by atoms with Crippen LogP contribution >= 0.6 is 11.3 Å². The Hall–Kier alpha value is -1.01. The van der Waals surface area contributed by atoms with Crippen LogP contribution in [0, 0.1) is 6.92 Å². The van der Waals surface area contributed by atoms with E-state index in [1.807, 2.05) is 0 Å². The lowest BCUT2D eigenvalue weighted by atomic mass is 10.3. The number of aryl methyl sites for hydroxylation is 1. The van der Waals surface area contributed by atoms with Crippen LogP contribution in [0.3, 0.4) is 0 Å². The van der Waals surface area contributed by atoms with Crippen molar-refractivity contribution in [1.29, 1.82) is 0 Å². The van der Waals surface area contributed by atoms with Crippen LogP contribution in [0.25, 0.3) is 0 Å². The van der Waals surface area contributed by atoms with E-state index in [1.165, 1.54) is 12.3 Å². The summed E-state index contributed by atoms with van der Waals surface area (Å²) in [6.45, 7) is 1.15. The van der Waals surface area contributed by atoms with Crippen molar-refractivity contribution in [2.75, 3.05) is 19.4 Å². The first-order valence-corrected chi connectivity index (χ1v) is 9.33. The summed E-state index contributed by atoms with van der Waals surface area (Å²) in [4.78, 5) is 11.2. The number of carbonyl (C=O) groups excluding carboxylic acids is 1. The van der Waals surface area contributed by atoms with E-state index in [-0.39, 0.29) is 16.3 Å². The zero-order valence-corrected chi connectivity index (χ0v) is 13.2. The van der Waals surface area contributed by atoms with Gasteiger partial charge < -0.3 is 4.74 Å². The highest BCUT2D eigenvalue weighted by molar-refractivity contribution is 7.90. The van der Waals surface area contributed by atoms with Gasteiger partial charge in [-0.25, -0.2) is 31.5 Å². The third-order valence-corrected chi connectivity index (χ3v) is 5.86. The summed E-state index contributed by atoms with van der Waals surface area (Å²) in [6.07, 6.45) is 0. The third kappa shape index (κ3) is 4.24. The van der Waals surface area contributed by atoms with Gasteiger partial charge >= 0.3 is 5.97 Å². The predicted molar refractivity (Wildman–Crippen MR) is 73.6 cm³/mol. The highest BCUT2D eigenvalue weighted by Crippen LogP contribution is 2.27. The molecule has 0 bridgehead atoms. The van der Waals surface area contributed by atoms with Crippen LogP contribution in [0.1, 0.15) is 15.2 Å². The maximum atomic E-state index is 12.1. The molecule has 11 heteroatoms. The van der Waals surface area contributed by atoms with Crippen molar-refractivity contribution in [3.05, 3.63) is 15.8 Å². The zero-order chi connectivity index (χ0) is 15.6. The molecule has 0 aromatic carbocycles. The first-order valence-electron chi connectivity index (χ1n) is 5.25. The van der Waals surface area contributed by atoms with Crippen molar-refractivity contribution in [3.63, 3.8) is 0 Å². The lowest BCUT2D eigenvalue weighted by Gasteiger charge is -2.07. The molecule has 0 radical (unpaired) electrons. The van der Waals surface area contributed by atoms with Gasteiger partial charge in [0.1, 0.15) is 9.77 Å². The van der Waals surface area contributed by atoms with Gasteiger partial charge in [0.05, 0.1) is 12.9 Å². The minimum Gasteiger partial charge on any atom is -0.465 e. The van der Waals surface area contributed by atoms with Crippen LogP contribution in [-0.2, 0) is 24.8 Å². The Morgan fingerprint density at radius 2 is 2.00 bits per heavy atom. The number of hydrogen-bond acceptors (Lipinski definition) is 7. The first kappa shape index (κ1) is 17.0. The zero-order valence-electron chi connectivity index (χ0n) is 10.7. The fourth-order valence-corrected chi connectivity index (χ4v) is 4.64. The highest BCUT2D eigenvalue weighted by Gasteiger charge is 2.27. The second-order valence-corrected chi connectivity index (χ2v) is 8.15. The molecule has 1 heterocycles. The Kier molecular flexibility index (Phi) is 5.27. The molecule has 0 saturated heterocycles. The Labute approximate surface area is 121 Å². The van der Waals surface area contributed by atoms with Crippen LogP contribution < -0.4 is 9.86 Å². The summed E-state index contributed by atoms with van der Waals surface area (Å²) in [7, 11) is -6.65. The average Bonchev–Trinajstić information content (AvgIpc) is 2.68. The predicted octanol–water partition coefficient (Wildman–Crippen LogP) is -0.590. The molecular formula is C9H14N2O6S3. The Morgan fingerprint density at radius 3 is 2.50 bits per heavy atom. The third-order valence-electron chi connectivity index (χ3n) is 2.24. The molecule has 3 N–H and O–H groups in total. The normalized spacial score (nSPS) is 12.3. The van der Waals surface area contributed by atoms with E-state index in [0.717, 1.165) is 18.4 Å². The molecule has 0 spiro atoms. The second-order valence-electron chi connectivity index (χ2n) is 3.83. The van der Waals surface area contributed by atoms with Crippen molar-refractivity contribution in [1.82, 2.24) is 4.72 Å². The minimum absolute atomic E-state index is 0.0619. The monoisotopic (exact) mass is 342 g/mol. The molecule has 0 aliphatic carbocycles. The van der Waals surface area contributed by atoms with Crippen LogP contribution in [0.5, 0.6) is 0 Å². The van der Waals surface area contributed by atoms with Crippen molar-refractivity contribution >= 4 is 37.4 Å². The molecule has 0 atom stereocenters. The average molecular weight is 342 g/mol. The van der Waals surface area contributed by atoms with E-state index in [2.05, 4.69) is 9.46 Å². The van der Waals surface area contributed by atoms with Crippen molar-refractivity contribution in [2.45, 2.75) is 11.8 Å². The molecule has 0 saturated carbocycles. The van der Waals surface area contributed by atoms with Gasteiger partial charge in [-0.3, -0.25) is 0 Å². The number of rotatable bonds is 6. The van der Waals surface area contributed by atoms with Gasteiger partial charge in [0, 0.05) is 6.54 Å². The maximum absolute atomic E-state index is 12.1. The largest absolute Gasteiger partial charge is 0.465 e. The van der Waals surface area contributed by atoms with Crippen LogP contribution in [0.2, 0.25) is 0 Å². The van der Waals surface area contributed by atoms with Gasteiger partial charge in [-0.05, 0) is 17.9 Å². The van der Waals surface area contributed by atoms with Gasteiger partial charge in [-0.15, -0.1) is 11.3 Å². The number of thiophene rings is 1. The summed E-state index contributed by atoms with van der Waals surface area (Å²) in [5.41, 5.74) is 0.374. The van der Waals surface area contributed by atoms with Gasteiger partial charge in [0.2, 0.25) is 20.0 Å². The molecule has 0 fully saturated rings. The van der Waals surface area contributed by atoms with Gasteiger partial charge in [-0.2, -0.15) is 0 Å². The van der Waals surface area contributed by atoms with Crippen LogP contribution in [-0.4, -0.2) is 42.2 Å². The van der Waals surface area contributed by atoms with E-state index in [9.17, 15) is 21.6 Å². The van der Waals surface area contributed by atoms with Gasteiger partial charge in [-0.1, -0.05) is 0 Å². The van der Waals surface area contributed by atoms with Gasteiger partial charge in [0.25, 0.3) is 0 Å². The maximum Gasteiger partial charge on any atom is 0.349 e. The Morgan fingerprint density at radius 1 is 1.40 bits per heavy atom. The SMILES string of the molecule is COC(=O)c1scc(C)c1S(=O)(=O)NCCS(N)(=O)=O. The minimum atomic E-state index is -4.02. The summed E-state index contributed by atoms with van der Waals surface area (Å²) in [5.74, 6) is -1.31. The Balaban J connectivity index is 3.04. The molecule has 1 rings (SSSR count). The smallest absolute Gasteiger partial charge is 0.349 e. The summed E-state index contributed by atoms with van der Waals surface area (Å²) >= 11 is 0.938. The van der Waals surface area contributed by atoms with E-state index >= 15 is 0 Å². The standard InChI is InChI=1S/C9H14N2O6S3/c1-6-5-18-7(9(12)17-2)8(6)20(15,16)11-3-4-19(10,13)14/h5,11H,3-4H2,1-2H3,(H2,10,13,14). The second kappa shape index (κ2) is 6.18. The molecule has 114 valence electrons. The summed E-state index contributed by atoms with van der Waals surface area (Å²) in [5, 5.41) is 6.28. The Bertz CT molecular complexity index is 704. The molecule has 1 aromatic heterocycles. The summed E-state index contributed by atoms with van der Waals surface area (Å²) < 4.78 is 52.3. The lowest BCUT2D eigenvalue weighted by molar-refractivity contribution is 0.0602. The number of primary sulfonamides is 1. The fourth-order valence-electron chi connectivity index (χ4n) is 1.39. The number of nitrogens with two attached hydrogens (primary N) is 1. The topological polar surface area (TPSA) is 133 Å². The number of sulfonamides is 2. The lowest BCUT2D eigenvalue weighted by Crippen LogP contribution is -2.32. The number of carbonyl (C=O) groups is 1. The fraction of sp³-hybridized carbons (Fsp3) is 0.444. The first-order chi connectivity index (χ1) is 9.08. The number of hydrogen-bond donors (Lipinski definition) is 2. The molecule has 0 amide bonds. The van der Waals surface area contributed by atoms with Gasteiger partial charge in [0.15, 0.2) is 0 Å². The number of methoxy groups -OCH3 is 1. The molecule has 0 unspecified atom stereocenters. The molecular weight excluding hydrogens is 328 g/mol. The van der Waals surface area contributed by atoms with E-state index in [1.54, 1.807) is 0 Å². The number of esters is 1. The van der Waals surface area contributed by atoms with Crippen molar-refractivity contribution in [3.8, 4) is 0 Å². The van der Waals surface area contributed by atoms with Crippen molar-refractivity contribution in [2.24, 2.45) is 5.14 Å². The number of nitrogens with one attached hydrogen (secondary N) is 1. The number of ether oxygens (including phenoxy) is 1. The molecule has 0 aliphatic heterocycles. The molecule has 8 nitrogen and oxygen atoms in total. The van der Waals surface area contributed by atoms with Crippen LogP contribution in [0.4, 0.5) is 0 Å². The quantitative estimate of drug-likeness (QED) is 0.664. The molecule has 20 heavy (non-hydrogen) atoms. The van der Waals surface area contributed by atoms with E-state index < -0.39 is 31.8 Å². The highest BCUT2D eigenvalue weighted by atomic mass is 32.2. The van der Waals surface area contributed by atoms with E-state index in [4.69, 9.17) is 5.14 Å².